The van der Waals surface area contributed by atoms with Crippen LogP contribution in [0.5, 0.6) is 0 Å². The second-order valence-electron chi connectivity index (χ2n) is 3.17. The Labute approximate surface area is 112 Å². The van der Waals surface area contributed by atoms with Crippen molar-refractivity contribution in [1.29, 1.82) is 0 Å². The van der Waals surface area contributed by atoms with E-state index in [0.29, 0.717) is 0 Å². The third-order valence-electron chi connectivity index (χ3n) is 1.99. The predicted molar refractivity (Wildman–Crippen MR) is 52.4 cm³/mol. The van der Waals surface area contributed by atoms with E-state index in [1.807, 2.05) is 11.8 Å². The first-order valence-electron chi connectivity index (χ1n) is 4.39. The van der Waals surface area contributed by atoms with E-state index in [1.165, 1.54) is 0 Å². The van der Waals surface area contributed by atoms with E-state index in [4.69, 9.17) is 0 Å². The molecular weight excluding hydrogens is 233 g/mol. The number of thioether (sulfide) groups is 1. The standard InChI is InChI=1S/C7H15NO3S2.Na/c9-13(10,11)8-7-3-1-5-12-6-2-4-7;/h7-8H,1-6H2,(H,9,10,11);/q;+1/p-1. The molecule has 1 saturated heterocycles. The molecule has 1 N–H and O–H groups in total. The summed E-state index contributed by atoms with van der Waals surface area (Å²) in [7, 11) is -4.26. The van der Waals surface area contributed by atoms with Crippen LogP contribution in [0.25, 0.3) is 0 Å². The minimum Gasteiger partial charge on any atom is -0.735 e. The Morgan fingerprint density at radius 3 is 2.14 bits per heavy atom. The molecule has 1 fully saturated rings. The zero-order valence-electron chi connectivity index (χ0n) is 8.36. The van der Waals surface area contributed by atoms with E-state index in [1.54, 1.807) is 0 Å². The normalized spacial score (nSPS) is 20.6. The van der Waals surface area contributed by atoms with E-state index in [9.17, 15) is 13.0 Å². The summed E-state index contributed by atoms with van der Waals surface area (Å²) >= 11 is 1.89. The van der Waals surface area contributed by atoms with Crippen LogP contribution < -0.4 is 34.3 Å². The van der Waals surface area contributed by atoms with E-state index in [2.05, 4.69) is 4.72 Å². The molecule has 0 amide bonds. The van der Waals surface area contributed by atoms with Crippen LogP contribution in [0, 0.1) is 0 Å². The molecule has 0 aromatic rings. The Hall–Kier alpha value is 1.22. The van der Waals surface area contributed by atoms with E-state index < -0.39 is 10.3 Å². The fourth-order valence-electron chi connectivity index (χ4n) is 1.43. The topological polar surface area (TPSA) is 69.2 Å². The van der Waals surface area contributed by atoms with Gasteiger partial charge in [0, 0.05) is 6.04 Å². The van der Waals surface area contributed by atoms with Crippen LogP contribution in [0.4, 0.5) is 0 Å². The van der Waals surface area contributed by atoms with Gasteiger partial charge in [-0.2, -0.15) is 11.8 Å². The van der Waals surface area contributed by atoms with Crippen molar-refractivity contribution in [2.75, 3.05) is 11.5 Å². The SMILES string of the molecule is O=S(=O)([O-])NC1CCCSCCC1.[Na+]. The van der Waals surface area contributed by atoms with Gasteiger partial charge in [-0.25, -0.2) is 13.1 Å². The van der Waals surface area contributed by atoms with Gasteiger partial charge in [0.25, 0.3) is 0 Å². The Morgan fingerprint density at radius 2 is 1.71 bits per heavy atom. The average molecular weight is 247 g/mol. The molecule has 0 radical (unpaired) electrons. The number of hydrogen-bond acceptors (Lipinski definition) is 4. The maximum Gasteiger partial charge on any atom is 1.00 e. The summed E-state index contributed by atoms with van der Waals surface area (Å²) in [6, 6.07) is -0.136. The van der Waals surface area contributed by atoms with Gasteiger partial charge >= 0.3 is 29.6 Å². The number of hydrogen-bond donors (Lipinski definition) is 1. The molecule has 0 saturated carbocycles. The van der Waals surface area contributed by atoms with Crippen molar-refractivity contribution in [3.8, 4) is 0 Å². The minimum atomic E-state index is -4.26. The van der Waals surface area contributed by atoms with Gasteiger partial charge in [0.05, 0.1) is 0 Å². The Bertz CT molecular complexity index is 237. The van der Waals surface area contributed by atoms with E-state index >= 15 is 0 Å². The van der Waals surface area contributed by atoms with Gasteiger partial charge in [-0.3, -0.25) is 0 Å². The first-order valence-corrected chi connectivity index (χ1v) is 6.95. The molecule has 1 heterocycles. The molecule has 1 aliphatic rings. The molecule has 7 heteroatoms. The van der Waals surface area contributed by atoms with Gasteiger partial charge in [-0.1, -0.05) is 0 Å². The molecule has 0 aromatic carbocycles. The largest absolute Gasteiger partial charge is 1.00 e. The van der Waals surface area contributed by atoms with Gasteiger partial charge < -0.3 is 4.55 Å². The van der Waals surface area contributed by atoms with Crippen LogP contribution in [-0.2, 0) is 10.3 Å². The minimum absolute atomic E-state index is 0. The van der Waals surface area contributed by atoms with Crippen LogP contribution >= 0.6 is 11.8 Å². The zero-order chi connectivity index (χ0) is 9.73. The molecule has 0 atom stereocenters. The molecule has 0 aliphatic carbocycles. The fraction of sp³-hybridized carbons (Fsp3) is 1.00. The van der Waals surface area contributed by atoms with Crippen LogP contribution in [0.1, 0.15) is 25.7 Å². The predicted octanol–water partition coefficient (Wildman–Crippen LogP) is -2.28. The Balaban J connectivity index is 0.00000169. The molecule has 1 aliphatic heterocycles. The third kappa shape index (κ3) is 7.50. The molecule has 1 rings (SSSR count). The summed E-state index contributed by atoms with van der Waals surface area (Å²) in [6.45, 7) is 0. The van der Waals surface area contributed by atoms with E-state index in [-0.39, 0.29) is 35.6 Å². The van der Waals surface area contributed by atoms with Crippen LogP contribution in [-0.4, -0.2) is 30.5 Å². The molecule has 14 heavy (non-hydrogen) atoms. The molecule has 4 nitrogen and oxygen atoms in total. The second-order valence-corrected chi connectivity index (χ2v) is 5.53. The maximum absolute atomic E-state index is 10.4. The van der Waals surface area contributed by atoms with Crippen molar-refractivity contribution in [1.82, 2.24) is 4.72 Å². The summed E-state index contributed by atoms with van der Waals surface area (Å²) in [5, 5.41) is 0. The average Bonchev–Trinajstić information content (AvgIpc) is 1.92. The van der Waals surface area contributed by atoms with Gasteiger partial charge in [0.1, 0.15) is 0 Å². The summed E-state index contributed by atoms with van der Waals surface area (Å²) in [4.78, 5) is 0. The van der Waals surface area contributed by atoms with Crippen molar-refractivity contribution in [3.05, 3.63) is 0 Å². The monoisotopic (exact) mass is 247 g/mol. The quantitative estimate of drug-likeness (QED) is 0.441. The number of rotatable bonds is 2. The van der Waals surface area contributed by atoms with Crippen LogP contribution in [0.15, 0.2) is 0 Å². The van der Waals surface area contributed by atoms with Gasteiger partial charge in [-0.05, 0) is 37.2 Å². The molecule has 0 unspecified atom stereocenters. The molecule has 0 bridgehead atoms. The van der Waals surface area contributed by atoms with Crippen molar-refractivity contribution in [2.45, 2.75) is 31.7 Å². The van der Waals surface area contributed by atoms with Crippen molar-refractivity contribution in [2.24, 2.45) is 0 Å². The summed E-state index contributed by atoms with van der Waals surface area (Å²) < 4.78 is 33.4. The van der Waals surface area contributed by atoms with Crippen molar-refractivity contribution in [3.63, 3.8) is 0 Å². The van der Waals surface area contributed by atoms with Gasteiger partial charge in [0.2, 0.25) is 0 Å². The second kappa shape index (κ2) is 7.49. The van der Waals surface area contributed by atoms with Crippen LogP contribution in [0.2, 0.25) is 0 Å². The molecule has 78 valence electrons. The van der Waals surface area contributed by atoms with Gasteiger partial charge in [-0.15, -0.1) is 0 Å². The summed E-state index contributed by atoms with van der Waals surface area (Å²) in [5.41, 5.74) is 0. The first kappa shape index (κ1) is 15.2. The van der Waals surface area contributed by atoms with E-state index in [0.717, 1.165) is 37.2 Å². The molecule has 0 spiro atoms. The Kier molecular flexibility index (Phi) is 8.14. The number of nitrogens with one attached hydrogen (secondary N) is 1. The summed E-state index contributed by atoms with van der Waals surface area (Å²) in [5.74, 6) is 2.13. The molecule has 0 aromatic heterocycles. The summed E-state index contributed by atoms with van der Waals surface area (Å²) in [6.07, 6.45) is 3.54. The fourth-order valence-corrected chi connectivity index (χ4v) is 3.02. The smallest absolute Gasteiger partial charge is 0.735 e. The first-order chi connectivity index (χ1) is 6.08. The van der Waals surface area contributed by atoms with Crippen molar-refractivity contribution < 1.29 is 42.5 Å². The zero-order valence-corrected chi connectivity index (χ0v) is 12.0. The third-order valence-corrected chi connectivity index (χ3v) is 3.77. The van der Waals surface area contributed by atoms with Crippen molar-refractivity contribution >= 4 is 22.1 Å². The molecular formula is C7H14NNaO3S2. The van der Waals surface area contributed by atoms with Gasteiger partial charge in [0.15, 0.2) is 10.3 Å². The van der Waals surface area contributed by atoms with Crippen LogP contribution in [0.3, 0.4) is 0 Å². The maximum atomic E-state index is 10.4. The Morgan fingerprint density at radius 1 is 1.21 bits per heavy atom.